The summed E-state index contributed by atoms with van der Waals surface area (Å²) in [4.78, 5) is 19.0. The van der Waals surface area contributed by atoms with Crippen molar-refractivity contribution in [2.75, 3.05) is 24.9 Å². The van der Waals surface area contributed by atoms with E-state index in [1.165, 1.54) is 17.0 Å². The highest BCUT2D eigenvalue weighted by Crippen LogP contribution is 2.35. The molecule has 0 spiro atoms. The van der Waals surface area contributed by atoms with E-state index in [0.29, 0.717) is 22.9 Å². The lowest BCUT2D eigenvalue weighted by atomic mass is 10.1. The van der Waals surface area contributed by atoms with E-state index in [-0.39, 0.29) is 31.3 Å². The predicted octanol–water partition coefficient (Wildman–Crippen LogP) is 5.88. The zero-order valence-electron chi connectivity index (χ0n) is 24.7. The highest BCUT2D eigenvalue weighted by Gasteiger charge is 2.25. The third-order valence-electron chi connectivity index (χ3n) is 6.17. The fourth-order valence-corrected chi connectivity index (χ4v) is 4.23. The highest BCUT2D eigenvalue weighted by atomic mass is 19.1. The summed E-state index contributed by atoms with van der Waals surface area (Å²) in [5.41, 5.74) is 8.95. The second kappa shape index (κ2) is 12.9. The third kappa shape index (κ3) is 7.55. The van der Waals surface area contributed by atoms with Crippen molar-refractivity contribution in [1.82, 2.24) is 14.8 Å². The molecule has 4 rings (SSSR count). The number of nitrogens with zero attached hydrogens (tertiary/aromatic N) is 4. The van der Waals surface area contributed by atoms with Gasteiger partial charge in [-0.15, -0.1) is 0 Å². The molecule has 10 nitrogen and oxygen atoms in total. The van der Waals surface area contributed by atoms with Crippen LogP contribution in [0.15, 0.2) is 60.8 Å². The fraction of sp³-hybridized carbons (Fsp3) is 0.323. The summed E-state index contributed by atoms with van der Waals surface area (Å²) in [5.74, 6) is 0.867. The van der Waals surface area contributed by atoms with Crippen LogP contribution in [0.4, 0.5) is 20.7 Å². The number of ether oxygens (including phenoxy) is 4. The Morgan fingerprint density at radius 1 is 1.00 bits per heavy atom. The number of aromatic nitrogens is 3. The number of anilines is 2. The lowest BCUT2D eigenvalue weighted by molar-refractivity contribution is 0.0575. The summed E-state index contributed by atoms with van der Waals surface area (Å²) < 4.78 is 38.8. The summed E-state index contributed by atoms with van der Waals surface area (Å²) in [6, 6.07) is 15.4. The third-order valence-corrected chi connectivity index (χ3v) is 6.17. The van der Waals surface area contributed by atoms with E-state index >= 15 is 0 Å². The van der Waals surface area contributed by atoms with Crippen LogP contribution in [-0.4, -0.2) is 40.7 Å². The molecule has 222 valence electrons. The van der Waals surface area contributed by atoms with Crippen molar-refractivity contribution in [2.24, 2.45) is 7.05 Å². The van der Waals surface area contributed by atoms with E-state index in [1.54, 1.807) is 57.9 Å². The van der Waals surface area contributed by atoms with Gasteiger partial charge in [-0.1, -0.05) is 12.1 Å². The molecule has 2 aromatic carbocycles. The SMILES string of the molecule is COc1ccc(CN(C(=O)OC(C)(C)C)c2ccc(F)c(COCc3cc(N)c(OC)c(-c4ccn(C)n4)c3)n2)cc1. The van der Waals surface area contributed by atoms with Crippen LogP contribution in [0.5, 0.6) is 11.5 Å². The van der Waals surface area contributed by atoms with Crippen molar-refractivity contribution >= 4 is 17.6 Å². The number of halogens is 1. The summed E-state index contributed by atoms with van der Waals surface area (Å²) in [5, 5.41) is 4.44. The van der Waals surface area contributed by atoms with Crippen molar-refractivity contribution in [1.29, 1.82) is 0 Å². The first kappa shape index (κ1) is 30.3. The largest absolute Gasteiger partial charge is 0.497 e. The van der Waals surface area contributed by atoms with E-state index < -0.39 is 17.5 Å². The Bertz CT molecular complexity index is 1530. The fourth-order valence-electron chi connectivity index (χ4n) is 4.23. The molecule has 0 aliphatic heterocycles. The number of carbonyl (C=O) groups is 1. The summed E-state index contributed by atoms with van der Waals surface area (Å²) >= 11 is 0. The molecular formula is C31H36FN5O5. The van der Waals surface area contributed by atoms with E-state index in [1.807, 2.05) is 37.5 Å². The second-order valence-corrected chi connectivity index (χ2v) is 10.6. The van der Waals surface area contributed by atoms with Crippen LogP contribution in [-0.2, 0) is 36.3 Å². The molecule has 42 heavy (non-hydrogen) atoms. The smallest absolute Gasteiger partial charge is 0.416 e. The monoisotopic (exact) mass is 577 g/mol. The topological polar surface area (TPSA) is 114 Å². The van der Waals surface area contributed by atoms with Gasteiger partial charge in [-0.2, -0.15) is 5.10 Å². The molecule has 11 heteroatoms. The summed E-state index contributed by atoms with van der Waals surface area (Å²) in [6.07, 6.45) is 1.21. The first-order chi connectivity index (χ1) is 20.0. The normalized spacial score (nSPS) is 11.3. The van der Waals surface area contributed by atoms with E-state index in [0.717, 1.165) is 16.7 Å². The number of nitrogen functional groups attached to an aromatic ring is 1. The molecule has 0 saturated carbocycles. The number of hydrogen-bond acceptors (Lipinski definition) is 8. The van der Waals surface area contributed by atoms with Crippen molar-refractivity contribution in [3.05, 3.63) is 83.4 Å². The molecule has 2 N–H and O–H groups in total. The van der Waals surface area contributed by atoms with Crippen LogP contribution >= 0.6 is 0 Å². The first-order valence-electron chi connectivity index (χ1n) is 13.3. The molecule has 2 heterocycles. The molecule has 0 aliphatic carbocycles. The maximum Gasteiger partial charge on any atom is 0.416 e. The number of nitrogens with two attached hydrogens (primary N) is 1. The molecule has 0 unspecified atom stereocenters. The average molecular weight is 578 g/mol. The summed E-state index contributed by atoms with van der Waals surface area (Å²) in [6.45, 7) is 5.46. The Balaban J connectivity index is 1.55. The number of hydrogen-bond donors (Lipinski definition) is 1. The lowest BCUT2D eigenvalue weighted by Gasteiger charge is -2.27. The Morgan fingerprint density at radius 3 is 2.36 bits per heavy atom. The van der Waals surface area contributed by atoms with Gasteiger partial charge in [0, 0.05) is 18.8 Å². The molecular weight excluding hydrogens is 541 g/mol. The zero-order valence-corrected chi connectivity index (χ0v) is 24.7. The van der Waals surface area contributed by atoms with Crippen LogP contribution < -0.4 is 20.1 Å². The van der Waals surface area contributed by atoms with Gasteiger partial charge in [0.05, 0.1) is 45.4 Å². The van der Waals surface area contributed by atoms with Crippen LogP contribution in [0.25, 0.3) is 11.3 Å². The van der Waals surface area contributed by atoms with Gasteiger partial charge in [0.25, 0.3) is 0 Å². The van der Waals surface area contributed by atoms with Gasteiger partial charge in [0.15, 0.2) is 5.75 Å². The van der Waals surface area contributed by atoms with Gasteiger partial charge < -0.3 is 24.7 Å². The summed E-state index contributed by atoms with van der Waals surface area (Å²) in [7, 11) is 4.95. The number of benzene rings is 2. The van der Waals surface area contributed by atoms with Crippen molar-refractivity contribution in [2.45, 2.75) is 46.1 Å². The van der Waals surface area contributed by atoms with Gasteiger partial charge in [-0.25, -0.2) is 14.2 Å². The molecule has 0 fully saturated rings. The zero-order chi connectivity index (χ0) is 30.4. The Labute approximate surface area is 244 Å². The first-order valence-corrected chi connectivity index (χ1v) is 13.3. The lowest BCUT2D eigenvalue weighted by Crippen LogP contribution is -2.37. The molecule has 0 aliphatic rings. The van der Waals surface area contributed by atoms with Gasteiger partial charge in [0.2, 0.25) is 0 Å². The molecule has 0 atom stereocenters. The quantitative estimate of drug-likeness (QED) is 0.233. The minimum atomic E-state index is -0.741. The maximum atomic E-state index is 14.9. The second-order valence-electron chi connectivity index (χ2n) is 10.6. The number of aryl methyl sites for hydroxylation is 1. The Hall–Kier alpha value is -4.64. The predicted molar refractivity (Wildman–Crippen MR) is 158 cm³/mol. The van der Waals surface area contributed by atoms with Gasteiger partial charge in [-0.3, -0.25) is 9.58 Å². The molecule has 0 radical (unpaired) electrons. The number of rotatable bonds is 10. The van der Waals surface area contributed by atoms with Crippen molar-refractivity contribution in [3.63, 3.8) is 0 Å². The Morgan fingerprint density at radius 2 is 1.74 bits per heavy atom. The minimum Gasteiger partial charge on any atom is -0.497 e. The van der Waals surface area contributed by atoms with E-state index in [4.69, 9.17) is 24.7 Å². The molecule has 2 aromatic heterocycles. The van der Waals surface area contributed by atoms with Crippen molar-refractivity contribution < 1.29 is 28.1 Å². The average Bonchev–Trinajstić information content (AvgIpc) is 3.38. The number of methoxy groups -OCH3 is 2. The molecule has 0 bridgehead atoms. The van der Waals surface area contributed by atoms with Crippen LogP contribution in [0, 0.1) is 5.82 Å². The number of carbonyl (C=O) groups excluding carboxylic acids is 1. The molecule has 1 amide bonds. The standard InChI is InChI=1S/C31H36FN5O5/c1-31(2,3)42-30(38)37(17-20-7-9-22(39-5)10-8-20)28-12-11-24(32)27(34-28)19-41-18-21-15-23(26-13-14-36(4)35-26)29(40-6)25(33)16-21/h7-16H,17-19,33H2,1-6H3. The van der Waals surface area contributed by atoms with Crippen molar-refractivity contribution in [3.8, 4) is 22.8 Å². The molecule has 4 aromatic rings. The highest BCUT2D eigenvalue weighted by molar-refractivity contribution is 5.86. The minimum absolute atomic E-state index is 0.0437. The van der Waals surface area contributed by atoms with E-state index in [2.05, 4.69) is 10.1 Å². The van der Waals surface area contributed by atoms with Crippen LogP contribution in [0.1, 0.15) is 37.6 Å². The number of pyridine rings is 1. The van der Waals surface area contributed by atoms with Gasteiger partial charge in [0.1, 0.15) is 28.7 Å². The van der Waals surface area contributed by atoms with Gasteiger partial charge in [-0.05, 0) is 74.4 Å². The van der Waals surface area contributed by atoms with Gasteiger partial charge >= 0.3 is 6.09 Å². The molecule has 0 saturated heterocycles. The number of amides is 1. The maximum absolute atomic E-state index is 14.9. The Kier molecular flexibility index (Phi) is 9.31. The van der Waals surface area contributed by atoms with Crippen LogP contribution in [0.3, 0.4) is 0 Å². The van der Waals surface area contributed by atoms with E-state index in [9.17, 15) is 9.18 Å². The van der Waals surface area contributed by atoms with Crippen LogP contribution in [0.2, 0.25) is 0 Å².